The minimum Gasteiger partial charge on any atom is -0.480 e. The Balaban J connectivity index is 2.63. The summed E-state index contributed by atoms with van der Waals surface area (Å²) in [5.74, 6) is -1.28. The van der Waals surface area contributed by atoms with Gasteiger partial charge in [-0.1, -0.05) is 0 Å². The number of rotatable bonds is 5. The molecule has 2 unspecified atom stereocenters. The first-order valence-electron chi connectivity index (χ1n) is 5.40. The summed E-state index contributed by atoms with van der Waals surface area (Å²) in [5.41, 5.74) is 0. The van der Waals surface area contributed by atoms with Crippen LogP contribution in [0.25, 0.3) is 0 Å². The highest BCUT2D eigenvalue weighted by molar-refractivity contribution is 5.69. The van der Waals surface area contributed by atoms with Gasteiger partial charge in [0.2, 0.25) is 0 Å². The number of hydrogen-bond acceptors (Lipinski definition) is 3. The Bertz CT molecular complexity index is 264. The zero-order valence-electron chi connectivity index (χ0n) is 9.54. The molecular formula is C10H16F3NO3. The summed E-state index contributed by atoms with van der Waals surface area (Å²) in [7, 11) is 0. The largest absolute Gasteiger partial charge is 0.480 e. The summed E-state index contributed by atoms with van der Waals surface area (Å²) in [6.07, 6.45) is -3.71. The number of carbonyl (C=O) groups is 1. The Hall–Kier alpha value is -0.820. The SMILES string of the molecule is CC(C1CCOC1)N(CC(=O)O)CC(F)(F)F. The minimum atomic E-state index is -4.39. The number of halogens is 3. The summed E-state index contributed by atoms with van der Waals surface area (Å²) in [6, 6.07) is -0.449. The lowest BCUT2D eigenvalue weighted by Crippen LogP contribution is -2.46. The highest BCUT2D eigenvalue weighted by Gasteiger charge is 2.36. The van der Waals surface area contributed by atoms with Crippen LogP contribution in [0.15, 0.2) is 0 Å². The van der Waals surface area contributed by atoms with Gasteiger partial charge in [-0.2, -0.15) is 13.2 Å². The van der Waals surface area contributed by atoms with Crippen LogP contribution in [-0.4, -0.2) is 54.5 Å². The third kappa shape index (κ3) is 4.91. The molecule has 100 valence electrons. The van der Waals surface area contributed by atoms with Gasteiger partial charge in [0, 0.05) is 12.6 Å². The molecule has 17 heavy (non-hydrogen) atoms. The van der Waals surface area contributed by atoms with Crippen LogP contribution in [-0.2, 0) is 9.53 Å². The minimum absolute atomic E-state index is 0.0308. The van der Waals surface area contributed by atoms with Crippen molar-refractivity contribution >= 4 is 5.97 Å². The van der Waals surface area contributed by atoms with Gasteiger partial charge in [0.05, 0.1) is 19.7 Å². The van der Waals surface area contributed by atoms with E-state index in [-0.39, 0.29) is 5.92 Å². The van der Waals surface area contributed by atoms with Crippen molar-refractivity contribution in [1.82, 2.24) is 4.90 Å². The number of ether oxygens (including phenoxy) is 1. The molecule has 0 aliphatic carbocycles. The maximum absolute atomic E-state index is 12.3. The van der Waals surface area contributed by atoms with E-state index in [0.717, 1.165) is 4.90 Å². The summed E-state index contributed by atoms with van der Waals surface area (Å²) in [6.45, 7) is 0.749. The van der Waals surface area contributed by atoms with E-state index in [0.29, 0.717) is 19.6 Å². The molecule has 0 aromatic rings. The van der Waals surface area contributed by atoms with Crippen LogP contribution in [0.4, 0.5) is 13.2 Å². The molecule has 0 aromatic carbocycles. The van der Waals surface area contributed by atoms with Crippen molar-refractivity contribution < 1.29 is 27.8 Å². The second-order valence-electron chi connectivity index (χ2n) is 4.28. The Morgan fingerprint density at radius 2 is 2.24 bits per heavy atom. The molecule has 0 amide bonds. The number of carboxylic acid groups (broad SMARTS) is 1. The molecule has 7 heteroatoms. The van der Waals surface area contributed by atoms with Crippen LogP contribution in [0, 0.1) is 5.92 Å². The van der Waals surface area contributed by atoms with Crippen LogP contribution >= 0.6 is 0 Å². The van der Waals surface area contributed by atoms with Crippen LogP contribution < -0.4 is 0 Å². The first kappa shape index (κ1) is 14.2. The van der Waals surface area contributed by atoms with Crippen molar-refractivity contribution in [2.75, 3.05) is 26.3 Å². The van der Waals surface area contributed by atoms with Crippen molar-refractivity contribution in [2.24, 2.45) is 5.92 Å². The average molecular weight is 255 g/mol. The van der Waals surface area contributed by atoms with Gasteiger partial charge in [-0.25, -0.2) is 0 Å². The van der Waals surface area contributed by atoms with E-state index in [9.17, 15) is 18.0 Å². The van der Waals surface area contributed by atoms with Gasteiger partial charge in [-0.15, -0.1) is 0 Å². The van der Waals surface area contributed by atoms with Gasteiger partial charge in [0.1, 0.15) is 0 Å². The van der Waals surface area contributed by atoms with Crippen LogP contribution in [0.2, 0.25) is 0 Å². The third-order valence-electron chi connectivity index (χ3n) is 2.94. The summed E-state index contributed by atoms with van der Waals surface area (Å²) in [5, 5.41) is 8.63. The van der Waals surface area contributed by atoms with Crippen LogP contribution in [0.5, 0.6) is 0 Å². The lowest BCUT2D eigenvalue weighted by molar-refractivity contribution is -0.159. The lowest BCUT2D eigenvalue weighted by atomic mass is 9.99. The molecule has 1 N–H and O–H groups in total. The first-order chi connectivity index (χ1) is 7.79. The Kier molecular flexibility index (Phi) is 4.76. The zero-order valence-corrected chi connectivity index (χ0v) is 9.54. The monoisotopic (exact) mass is 255 g/mol. The highest BCUT2D eigenvalue weighted by Crippen LogP contribution is 2.24. The van der Waals surface area contributed by atoms with E-state index in [1.54, 1.807) is 6.92 Å². The van der Waals surface area contributed by atoms with Gasteiger partial charge in [0.25, 0.3) is 0 Å². The molecule has 1 fully saturated rings. The first-order valence-corrected chi connectivity index (χ1v) is 5.40. The Morgan fingerprint density at radius 1 is 1.59 bits per heavy atom. The number of alkyl halides is 3. The molecule has 0 aromatic heterocycles. The number of hydrogen-bond donors (Lipinski definition) is 1. The van der Waals surface area contributed by atoms with E-state index in [1.807, 2.05) is 0 Å². The van der Waals surface area contributed by atoms with Crippen molar-refractivity contribution in [3.05, 3.63) is 0 Å². The highest BCUT2D eigenvalue weighted by atomic mass is 19.4. The molecule has 0 bridgehead atoms. The fourth-order valence-corrected chi connectivity index (χ4v) is 1.98. The van der Waals surface area contributed by atoms with Crippen LogP contribution in [0.3, 0.4) is 0 Å². The van der Waals surface area contributed by atoms with E-state index >= 15 is 0 Å². The Morgan fingerprint density at radius 3 is 2.65 bits per heavy atom. The molecule has 1 saturated heterocycles. The van der Waals surface area contributed by atoms with Gasteiger partial charge in [0.15, 0.2) is 0 Å². The second kappa shape index (κ2) is 5.68. The van der Waals surface area contributed by atoms with Crippen molar-refractivity contribution in [3.8, 4) is 0 Å². The summed E-state index contributed by atoms with van der Waals surface area (Å²) < 4.78 is 42.1. The Labute approximate surface area is 97.3 Å². The normalized spacial score (nSPS) is 23.0. The van der Waals surface area contributed by atoms with Crippen molar-refractivity contribution in [1.29, 1.82) is 0 Å². The number of nitrogens with zero attached hydrogens (tertiary/aromatic N) is 1. The molecular weight excluding hydrogens is 239 g/mol. The summed E-state index contributed by atoms with van der Waals surface area (Å²) >= 11 is 0. The fourth-order valence-electron chi connectivity index (χ4n) is 1.98. The quantitative estimate of drug-likeness (QED) is 0.806. The lowest BCUT2D eigenvalue weighted by Gasteiger charge is -2.31. The molecule has 0 radical (unpaired) electrons. The van der Waals surface area contributed by atoms with E-state index in [1.165, 1.54) is 0 Å². The van der Waals surface area contributed by atoms with E-state index in [4.69, 9.17) is 9.84 Å². The molecule has 1 heterocycles. The third-order valence-corrected chi connectivity index (χ3v) is 2.94. The molecule has 2 atom stereocenters. The zero-order chi connectivity index (χ0) is 13.1. The predicted molar refractivity (Wildman–Crippen MR) is 53.7 cm³/mol. The molecule has 4 nitrogen and oxygen atoms in total. The fraction of sp³-hybridized carbons (Fsp3) is 0.900. The van der Waals surface area contributed by atoms with Crippen molar-refractivity contribution in [3.63, 3.8) is 0 Å². The average Bonchev–Trinajstić information content (AvgIpc) is 2.65. The summed E-state index contributed by atoms with van der Waals surface area (Å²) in [4.78, 5) is 11.5. The van der Waals surface area contributed by atoms with Crippen LogP contribution in [0.1, 0.15) is 13.3 Å². The molecule has 0 spiro atoms. The van der Waals surface area contributed by atoms with Gasteiger partial charge < -0.3 is 9.84 Å². The maximum Gasteiger partial charge on any atom is 0.401 e. The molecule has 1 aliphatic heterocycles. The topological polar surface area (TPSA) is 49.8 Å². The predicted octanol–water partition coefficient (Wildman–Crippen LogP) is 1.36. The second-order valence-corrected chi connectivity index (χ2v) is 4.28. The molecule has 0 saturated carbocycles. The molecule has 1 aliphatic rings. The number of carboxylic acids is 1. The van der Waals surface area contributed by atoms with Gasteiger partial charge in [-0.3, -0.25) is 9.69 Å². The smallest absolute Gasteiger partial charge is 0.401 e. The van der Waals surface area contributed by atoms with E-state index < -0.39 is 31.3 Å². The number of aliphatic carboxylic acids is 1. The molecule has 1 rings (SSSR count). The van der Waals surface area contributed by atoms with Gasteiger partial charge >= 0.3 is 12.1 Å². The maximum atomic E-state index is 12.3. The van der Waals surface area contributed by atoms with Crippen molar-refractivity contribution in [2.45, 2.75) is 25.6 Å². The standard InChI is InChI=1S/C10H16F3NO3/c1-7(8-2-3-17-5-8)14(4-9(15)16)6-10(11,12)13/h7-8H,2-6H2,1H3,(H,15,16). The van der Waals surface area contributed by atoms with Gasteiger partial charge in [-0.05, 0) is 19.3 Å². The van der Waals surface area contributed by atoms with E-state index in [2.05, 4.69) is 0 Å².